The van der Waals surface area contributed by atoms with E-state index in [1.54, 1.807) is 0 Å². The monoisotopic (exact) mass is 362 g/mol. The Morgan fingerprint density at radius 2 is 1.19 bits per heavy atom. The molecule has 0 atom stereocenters. The molecule has 0 fully saturated rings. The molecule has 3 heteroatoms. The first-order chi connectivity index (χ1) is 12.5. The Morgan fingerprint density at radius 3 is 1.58 bits per heavy atom. The van der Waals surface area contributed by atoms with Crippen molar-refractivity contribution in [1.82, 2.24) is 0 Å². The van der Waals surface area contributed by atoms with E-state index in [1.165, 1.54) is 15.9 Å². The average Bonchev–Trinajstić information content (AvgIpc) is 2.67. The summed E-state index contributed by atoms with van der Waals surface area (Å²) in [6.45, 7) is 7.68. The Hall–Kier alpha value is -2.36. The minimum Gasteiger partial charge on any atom is -0.534 e. The van der Waals surface area contributed by atoms with E-state index in [0.717, 1.165) is 12.3 Å². The van der Waals surface area contributed by atoms with Gasteiger partial charge in [0.1, 0.15) is 5.75 Å². The molecule has 0 saturated carbocycles. The second-order valence-electron chi connectivity index (χ2n) is 7.66. The van der Waals surface area contributed by atoms with Gasteiger partial charge in [-0.2, -0.15) is 0 Å². The van der Waals surface area contributed by atoms with Crippen molar-refractivity contribution in [2.24, 2.45) is 0 Å². The van der Waals surface area contributed by atoms with Crippen molar-refractivity contribution < 1.29 is 10.2 Å². The zero-order valence-corrected chi connectivity index (χ0v) is 16.9. The fourth-order valence-electron chi connectivity index (χ4n) is 3.55. The molecule has 0 bridgehead atoms. The Labute approximate surface area is 157 Å². The van der Waals surface area contributed by atoms with Gasteiger partial charge in [0.15, 0.2) is 0 Å². The standard InChI is InChI=1S/C23H27NOSi/c1-23(2,3)26(21-10-6-4-7-11-21,22-12-8-5-9-13-22)25-20-16-14-19(18-24)15-17-20/h4-17H,18,24H2,1-3H3/p+1. The van der Waals surface area contributed by atoms with Crippen LogP contribution in [0.4, 0.5) is 0 Å². The van der Waals surface area contributed by atoms with Crippen LogP contribution < -0.4 is 20.5 Å². The van der Waals surface area contributed by atoms with Gasteiger partial charge in [0, 0.05) is 5.56 Å². The van der Waals surface area contributed by atoms with Crippen LogP contribution in [0.3, 0.4) is 0 Å². The van der Waals surface area contributed by atoms with Crippen LogP contribution in [0.5, 0.6) is 5.75 Å². The first-order valence-corrected chi connectivity index (χ1v) is 11.1. The number of benzene rings is 3. The maximum atomic E-state index is 6.96. The molecule has 3 N–H and O–H groups in total. The fourth-order valence-corrected chi connectivity index (χ4v) is 7.97. The van der Waals surface area contributed by atoms with Gasteiger partial charge in [0.25, 0.3) is 0 Å². The van der Waals surface area contributed by atoms with E-state index < -0.39 is 8.32 Å². The lowest BCUT2D eigenvalue weighted by Gasteiger charge is -2.43. The van der Waals surface area contributed by atoms with Crippen LogP contribution in [0.2, 0.25) is 5.04 Å². The summed E-state index contributed by atoms with van der Waals surface area (Å²) in [5.74, 6) is 0.927. The summed E-state index contributed by atoms with van der Waals surface area (Å²) in [6.07, 6.45) is 0. The predicted molar refractivity (Wildman–Crippen MR) is 111 cm³/mol. The summed E-state index contributed by atoms with van der Waals surface area (Å²) in [5, 5.41) is 2.56. The highest BCUT2D eigenvalue weighted by molar-refractivity contribution is 7.00. The zero-order chi connectivity index (χ0) is 18.6. The van der Waals surface area contributed by atoms with Gasteiger partial charge in [-0.1, -0.05) is 81.4 Å². The zero-order valence-electron chi connectivity index (χ0n) is 15.9. The molecule has 0 spiro atoms. The normalized spacial score (nSPS) is 12.0. The third-order valence-electron chi connectivity index (χ3n) is 4.90. The topological polar surface area (TPSA) is 36.9 Å². The van der Waals surface area contributed by atoms with Crippen molar-refractivity contribution in [3.05, 3.63) is 90.5 Å². The van der Waals surface area contributed by atoms with Crippen LogP contribution in [-0.4, -0.2) is 8.32 Å². The van der Waals surface area contributed by atoms with Crippen molar-refractivity contribution in [3.8, 4) is 5.75 Å². The average molecular weight is 363 g/mol. The highest BCUT2D eigenvalue weighted by Gasteiger charge is 2.52. The number of hydrogen-bond donors (Lipinski definition) is 1. The van der Waals surface area contributed by atoms with E-state index in [1.807, 2.05) is 0 Å². The van der Waals surface area contributed by atoms with Crippen molar-refractivity contribution in [2.75, 3.05) is 0 Å². The first-order valence-electron chi connectivity index (χ1n) is 9.15. The maximum Gasteiger partial charge on any atom is 0.319 e. The minimum atomic E-state index is -2.53. The van der Waals surface area contributed by atoms with E-state index in [0.29, 0.717) is 0 Å². The van der Waals surface area contributed by atoms with Crippen LogP contribution in [0.25, 0.3) is 0 Å². The van der Waals surface area contributed by atoms with Gasteiger partial charge in [0.05, 0.1) is 6.54 Å². The Balaban J connectivity index is 2.19. The minimum absolute atomic E-state index is 0.0271. The highest BCUT2D eigenvalue weighted by atomic mass is 28.4. The van der Waals surface area contributed by atoms with Crippen molar-refractivity contribution in [1.29, 1.82) is 0 Å². The van der Waals surface area contributed by atoms with Gasteiger partial charge < -0.3 is 10.2 Å². The van der Waals surface area contributed by atoms with Crippen molar-refractivity contribution in [2.45, 2.75) is 32.4 Å². The fraction of sp³-hybridized carbons (Fsp3) is 0.217. The van der Waals surface area contributed by atoms with Crippen molar-refractivity contribution in [3.63, 3.8) is 0 Å². The SMILES string of the molecule is CC(C)(C)[Si](Oc1ccc(C[NH3+])cc1)(c1ccccc1)c1ccccc1. The lowest BCUT2D eigenvalue weighted by atomic mass is 10.2. The molecule has 0 unspecified atom stereocenters. The number of hydrogen-bond acceptors (Lipinski definition) is 1. The lowest BCUT2D eigenvalue weighted by molar-refractivity contribution is -0.386. The molecule has 26 heavy (non-hydrogen) atoms. The van der Waals surface area contributed by atoms with Gasteiger partial charge in [0.2, 0.25) is 0 Å². The van der Waals surface area contributed by atoms with Crippen LogP contribution in [0, 0.1) is 0 Å². The third-order valence-corrected chi connectivity index (χ3v) is 9.85. The van der Waals surface area contributed by atoms with Gasteiger partial charge in [-0.25, -0.2) is 0 Å². The molecule has 0 aliphatic heterocycles. The molecule has 0 radical (unpaired) electrons. The van der Waals surface area contributed by atoms with E-state index in [2.05, 4.69) is 111 Å². The highest BCUT2D eigenvalue weighted by Crippen LogP contribution is 2.37. The molecule has 0 aliphatic carbocycles. The summed E-state index contributed by atoms with van der Waals surface area (Å²) >= 11 is 0. The van der Waals surface area contributed by atoms with E-state index in [-0.39, 0.29) is 5.04 Å². The molecule has 134 valence electrons. The summed E-state index contributed by atoms with van der Waals surface area (Å²) in [7, 11) is -2.53. The van der Waals surface area contributed by atoms with Crippen LogP contribution in [0.1, 0.15) is 26.3 Å². The molecule has 0 amide bonds. The lowest BCUT2D eigenvalue weighted by Crippen LogP contribution is -2.68. The van der Waals surface area contributed by atoms with Gasteiger partial charge in [-0.3, -0.25) is 0 Å². The Kier molecular flexibility index (Phi) is 5.30. The molecule has 3 rings (SSSR count). The molecule has 0 heterocycles. The summed E-state index contributed by atoms with van der Waals surface area (Å²) in [6, 6.07) is 29.8. The van der Waals surface area contributed by atoms with Crippen LogP contribution in [0.15, 0.2) is 84.9 Å². The smallest absolute Gasteiger partial charge is 0.319 e. The molecular formula is C23H28NOSi+. The van der Waals surface area contributed by atoms with Gasteiger partial charge in [-0.15, -0.1) is 0 Å². The third kappa shape index (κ3) is 3.46. The molecular weight excluding hydrogens is 334 g/mol. The van der Waals surface area contributed by atoms with E-state index in [4.69, 9.17) is 4.43 Å². The van der Waals surface area contributed by atoms with Gasteiger partial charge >= 0.3 is 8.32 Å². The molecule has 3 aromatic rings. The Morgan fingerprint density at radius 1 is 0.731 bits per heavy atom. The summed E-state index contributed by atoms with van der Waals surface area (Å²) in [4.78, 5) is 0. The molecule has 0 aliphatic rings. The molecule has 2 nitrogen and oxygen atoms in total. The second kappa shape index (κ2) is 7.48. The quantitative estimate of drug-likeness (QED) is 0.694. The second-order valence-corrected chi connectivity index (χ2v) is 11.9. The van der Waals surface area contributed by atoms with E-state index >= 15 is 0 Å². The summed E-state index contributed by atoms with van der Waals surface area (Å²) < 4.78 is 6.96. The summed E-state index contributed by atoms with van der Waals surface area (Å²) in [5.41, 5.74) is 5.18. The van der Waals surface area contributed by atoms with Crippen LogP contribution >= 0.6 is 0 Å². The molecule has 3 aromatic carbocycles. The molecule has 0 aromatic heterocycles. The number of quaternary nitrogens is 1. The van der Waals surface area contributed by atoms with E-state index in [9.17, 15) is 0 Å². The predicted octanol–water partition coefficient (Wildman–Crippen LogP) is 3.37. The molecule has 0 saturated heterocycles. The first kappa shape index (κ1) is 18.4. The largest absolute Gasteiger partial charge is 0.534 e. The Bertz CT molecular complexity index is 784. The van der Waals surface area contributed by atoms with Gasteiger partial charge in [-0.05, 0) is 39.7 Å². The van der Waals surface area contributed by atoms with Crippen LogP contribution in [-0.2, 0) is 6.54 Å². The number of rotatable bonds is 5. The maximum absolute atomic E-state index is 6.96. The van der Waals surface area contributed by atoms with Crippen molar-refractivity contribution >= 4 is 18.7 Å².